The third-order valence-electron chi connectivity index (χ3n) is 4.79. The van der Waals surface area contributed by atoms with Crippen LogP contribution in [0.15, 0.2) is 0 Å². The van der Waals surface area contributed by atoms with Gasteiger partial charge in [0.25, 0.3) is 0 Å². The van der Waals surface area contributed by atoms with Gasteiger partial charge in [-0.25, -0.2) is 4.98 Å². The summed E-state index contributed by atoms with van der Waals surface area (Å²) < 4.78 is 0. The molecule has 1 fully saturated rings. The highest BCUT2D eigenvalue weighted by Gasteiger charge is 2.35. The van der Waals surface area contributed by atoms with E-state index in [1.54, 1.807) is 11.3 Å². The van der Waals surface area contributed by atoms with Gasteiger partial charge in [0.05, 0.1) is 22.7 Å². The third-order valence-corrected chi connectivity index (χ3v) is 6.09. The molecule has 1 saturated heterocycles. The first-order valence-electron chi connectivity index (χ1n) is 7.92. The third kappa shape index (κ3) is 3.16. The van der Waals surface area contributed by atoms with Crippen LogP contribution in [-0.4, -0.2) is 53.6 Å². The first-order chi connectivity index (χ1) is 9.85. The fourth-order valence-corrected chi connectivity index (χ4v) is 4.82. The molecule has 1 aromatic heterocycles. The van der Waals surface area contributed by atoms with Crippen LogP contribution in [0, 0.1) is 5.41 Å². The Hall–Kier alpha value is -0.490. The van der Waals surface area contributed by atoms with E-state index in [0.29, 0.717) is 6.04 Å². The second kappa shape index (κ2) is 5.61. The van der Waals surface area contributed by atoms with E-state index >= 15 is 0 Å². The Morgan fingerprint density at radius 1 is 1.29 bits per heavy atom. The number of fused-ring (bicyclic) bond motifs is 1. The van der Waals surface area contributed by atoms with Gasteiger partial charge in [0.15, 0.2) is 0 Å². The zero-order valence-corrected chi connectivity index (χ0v) is 14.4. The Morgan fingerprint density at radius 3 is 2.81 bits per heavy atom. The quantitative estimate of drug-likeness (QED) is 0.865. The van der Waals surface area contributed by atoms with Gasteiger partial charge in [-0.1, -0.05) is 13.8 Å². The Balaban J connectivity index is 1.90. The molecule has 0 aromatic carbocycles. The molecule has 4 nitrogen and oxygen atoms in total. The van der Waals surface area contributed by atoms with Crippen LogP contribution in [0.2, 0.25) is 0 Å². The predicted octanol–water partition coefficient (Wildman–Crippen LogP) is 2.46. The van der Waals surface area contributed by atoms with Crippen LogP contribution < -0.4 is 0 Å². The van der Waals surface area contributed by atoms with Crippen LogP contribution >= 0.6 is 11.3 Å². The van der Waals surface area contributed by atoms with Crippen molar-refractivity contribution in [3.63, 3.8) is 0 Å². The number of aliphatic hydroxyl groups excluding tert-OH is 1. The van der Waals surface area contributed by atoms with Crippen molar-refractivity contribution < 1.29 is 5.11 Å². The summed E-state index contributed by atoms with van der Waals surface area (Å²) in [6.45, 7) is 7.75. The molecule has 21 heavy (non-hydrogen) atoms. The second-order valence-corrected chi connectivity index (χ2v) is 8.60. The zero-order valence-electron chi connectivity index (χ0n) is 13.6. The van der Waals surface area contributed by atoms with Crippen molar-refractivity contribution in [1.29, 1.82) is 0 Å². The number of thiazole rings is 1. The Morgan fingerprint density at radius 2 is 2.05 bits per heavy atom. The molecule has 118 valence electrons. The minimum atomic E-state index is -0.330. The van der Waals surface area contributed by atoms with Gasteiger partial charge in [-0.05, 0) is 51.9 Å². The fourth-order valence-electron chi connectivity index (χ4n) is 3.59. The van der Waals surface area contributed by atoms with Crippen molar-refractivity contribution in [3.05, 3.63) is 15.6 Å². The van der Waals surface area contributed by atoms with Crippen LogP contribution in [0.4, 0.5) is 0 Å². The van der Waals surface area contributed by atoms with Crippen LogP contribution in [0.1, 0.15) is 54.4 Å². The molecular weight excluding hydrogens is 282 g/mol. The van der Waals surface area contributed by atoms with Crippen molar-refractivity contribution in [2.45, 2.75) is 45.3 Å². The van der Waals surface area contributed by atoms with Gasteiger partial charge in [0.2, 0.25) is 0 Å². The summed E-state index contributed by atoms with van der Waals surface area (Å²) in [4.78, 5) is 10.9. The molecule has 2 unspecified atom stereocenters. The van der Waals surface area contributed by atoms with Crippen molar-refractivity contribution in [3.8, 4) is 0 Å². The summed E-state index contributed by atoms with van der Waals surface area (Å²) in [5.74, 6) is 0. The summed E-state index contributed by atoms with van der Waals surface area (Å²) >= 11 is 1.74. The van der Waals surface area contributed by atoms with Crippen molar-refractivity contribution in [2.75, 3.05) is 33.7 Å². The molecule has 1 aliphatic carbocycles. The molecule has 0 spiro atoms. The minimum Gasteiger partial charge on any atom is -0.387 e. The van der Waals surface area contributed by atoms with Gasteiger partial charge < -0.3 is 10.0 Å². The number of likely N-dealkylation sites (N-methyl/N-ethyl adjacent to an activating group) is 2. The maximum absolute atomic E-state index is 10.4. The smallest absolute Gasteiger partial charge is 0.112 e. The first kappa shape index (κ1) is 15.4. The van der Waals surface area contributed by atoms with E-state index in [2.05, 4.69) is 37.7 Å². The van der Waals surface area contributed by atoms with Gasteiger partial charge in [0, 0.05) is 6.54 Å². The number of aromatic nitrogens is 1. The molecule has 0 saturated carbocycles. The molecule has 1 aromatic rings. The monoisotopic (exact) mass is 309 g/mol. The van der Waals surface area contributed by atoms with Gasteiger partial charge >= 0.3 is 0 Å². The maximum Gasteiger partial charge on any atom is 0.112 e. The topological polar surface area (TPSA) is 39.6 Å². The Labute approximate surface area is 131 Å². The van der Waals surface area contributed by atoms with Crippen molar-refractivity contribution >= 4 is 11.3 Å². The zero-order chi connectivity index (χ0) is 15.2. The standard InChI is InChI=1S/C16H27N3OS/c1-16(2)8-11-14(13(20)9-16)21-15(17-11)12-10-18(3)6-5-7-19(12)4/h12-13,20H,5-10H2,1-4H3. The van der Waals surface area contributed by atoms with E-state index in [1.807, 2.05) is 0 Å². The normalized spacial score (nSPS) is 30.9. The maximum atomic E-state index is 10.4. The van der Waals surface area contributed by atoms with Crippen molar-refractivity contribution in [1.82, 2.24) is 14.8 Å². The largest absolute Gasteiger partial charge is 0.387 e. The lowest BCUT2D eigenvalue weighted by Crippen LogP contribution is -2.30. The SMILES string of the molecule is CN1CCCN(C)C(c2nc3c(s2)C(O)CC(C)(C)C3)C1. The second-order valence-electron chi connectivity index (χ2n) is 7.54. The van der Waals surface area contributed by atoms with E-state index in [4.69, 9.17) is 4.98 Å². The summed E-state index contributed by atoms with van der Waals surface area (Å²) in [6.07, 6.45) is 2.72. The van der Waals surface area contributed by atoms with E-state index < -0.39 is 0 Å². The van der Waals surface area contributed by atoms with Crippen molar-refractivity contribution in [2.24, 2.45) is 5.41 Å². The Bertz CT molecular complexity index is 514. The molecule has 0 bridgehead atoms. The van der Waals surface area contributed by atoms with Crippen LogP contribution in [-0.2, 0) is 6.42 Å². The molecule has 1 N–H and O–H groups in total. The number of hydrogen-bond acceptors (Lipinski definition) is 5. The fraction of sp³-hybridized carbons (Fsp3) is 0.812. The predicted molar refractivity (Wildman–Crippen MR) is 86.7 cm³/mol. The summed E-state index contributed by atoms with van der Waals surface area (Å²) in [7, 11) is 4.39. The van der Waals surface area contributed by atoms with E-state index in [-0.39, 0.29) is 11.5 Å². The average Bonchev–Trinajstić information content (AvgIpc) is 2.70. The summed E-state index contributed by atoms with van der Waals surface area (Å²) in [5, 5.41) is 11.6. The summed E-state index contributed by atoms with van der Waals surface area (Å²) in [5.41, 5.74) is 1.29. The number of nitrogens with zero attached hydrogens (tertiary/aromatic N) is 3. The van der Waals surface area contributed by atoms with Gasteiger partial charge in [0.1, 0.15) is 5.01 Å². The number of aliphatic hydroxyl groups is 1. The van der Waals surface area contributed by atoms with Crippen LogP contribution in [0.3, 0.4) is 0 Å². The molecule has 0 amide bonds. The van der Waals surface area contributed by atoms with Crippen LogP contribution in [0.25, 0.3) is 0 Å². The highest BCUT2D eigenvalue weighted by atomic mass is 32.1. The number of rotatable bonds is 1. The molecular formula is C16H27N3OS. The molecule has 5 heteroatoms. The molecule has 2 aliphatic rings. The van der Waals surface area contributed by atoms with E-state index in [1.165, 1.54) is 11.4 Å². The lowest BCUT2D eigenvalue weighted by atomic mass is 9.77. The lowest BCUT2D eigenvalue weighted by Gasteiger charge is -2.31. The average molecular weight is 309 g/mol. The Kier molecular flexibility index (Phi) is 4.12. The highest BCUT2D eigenvalue weighted by molar-refractivity contribution is 7.11. The molecule has 2 heterocycles. The minimum absolute atomic E-state index is 0.157. The van der Waals surface area contributed by atoms with Gasteiger partial charge in [-0.3, -0.25) is 4.90 Å². The number of hydrogen-bond donors (Lipinski definition) is 1. The summed E-state index contributed by atoms with van der Waals surface area (Å²) in [6, 6.07) is 0.364. The molecule has 2 atom stereocenters. The lowest BCUT2D eigenvalue weighted by molar-refractivity contribution is 0.102. The molecule has 1 aliphatic heterocycles. The first-order valence-corrected chi connectivity index (χ1v) is 8.74. The molecule has 0 radical (unpaired) electrons. The molecule has 3 rings (SSSR count). The van der Waals surface area contributed by atoms with E-state index in [9.17, 15) is 5.11 Å². The van der Waals surface area contributed by atoms with E-state index in [0.717, 1.165) is 43.0 Å². The van der Waals surface area contributed by atoms with Gasteiger partial charge in [-0.15, -0.1) is 11.3 Å². The highest BCUT2D eigenvalue weighted by Crippen LogP contribution is 2.44. The van der Waals surface area contributed by atoms with Gasteiger partial charge in [-0.2, -0.15) is 0 Å². The van der Waals surface area contributed by atoms with Crippen LogP contribution in [0.5, 0.6) is 0 Å².